The predicted octanol–water partition coefficient (Wildman–Crippen LogP) is 2.10. The van der Waals surface area contributed by atoms with E-state index in [0.29, 0.717) is 13.0 Å². The Balaban J connectivity index is 2.44. The molecule has 1 saturated heterocycles. The van der Waals surface area contributed by atoms with Crippen LogP contribution in [-0.4, -0.2) is 32.6 Å². The molecule has 1 aliphatic rings. The first-order valence-corrected chi connectivity index (χ1v) is 7.39. The molecule has 4 nitrogen and oxygen atoms in total. The highest BCUT2D eigenvalue weighted by Crippen LogP contribution is 2.28. The quantitative estimate of drug-likeness (QED) is 0.774. The molecular weight excluding hydrogens is 332 g/mol. The van der Waals surface area contributed by atoms with Gasteiger partial charge in [-0.05, 0) is 34.5 Å². The molecule has 0 unspecified atom stereocenters. The molecule has 0 atom stereocenters. The summed E-state index contributed by atoms with van der Waals surface area (Å²) in [6.07, 6.45) is 0.545. The summed E-state index contributed by atoms with van der Waals surface area (Å²) in [5, 5.41) is 0. The first-order valence-electron chi connectivity index (χ1n) is 5.16. The van der Waals surface area contributed by atoms with Gasteiger partial charge in [0.1, 0.15) is 17.4 Å². The number of sulfonamides is 1. The van der Waals surface area contributed by atoms with Crippen molar-refractivity contribution in [3.05, 3.63) is 28.2 Å². The summed E-state index contributed by atoms with van der Waals surface area (Å²) in [6.45, 7) is 0.620. The molecule has 100 valence electrons. The molecule has 1 aliphatic heterocycles. The van der Waals surface area contributed by atoms with Crippen LogP contribution in [0.3, 0.4) is 0 Å². The van der Waals surface area contributed by atoms with Crippen LogP contribution in [0.25, 0.3) is 0 Å². The molecule has 1 aromatic rings. The summed E-state index contributed by atoms with van der Waals surface area (Å²) in [4.78, 5) is -0.554. The van der Waals surface area contributed by atoms with Gasteiger partial charge in [-0.2, -0.15) is 4.31 Å². The molecule has 1 fully saturated rings. The highest BCUT2D eigenvalue weighted by molar-refractivity contribution is 9.10. The minimum Gasteiger partial charge on any atom is -0.365 e. The Morgan fingerprint density at radius 2 is 2.06 bits per heavy atom. The standard InChI is InChI=1S/C10H10BrF2NO3S/c11-9-7(12)2-3-8(10(9)13)18(15,16)14-4-1-5-17-6-14/h2-3H,1,4-6H2. The van der Waals surface area contributed by atoms with Crippen molar-refractivity contribution in [1.29, 1.82) is 0 Å². The van der Waals surface area contributed by atoms with Crippen LogP contribution in [0.5, 0.6) is 0 Å². The molecule has 8 heteroatoms. The van der Waals surface area contributed by atoms with Crippen LogP contribution in [0.4, 0.5) is 8.78 Å². The summed E-state index contributed by atoms with van der Waals surface area (Å²) in [6, 6.07) is 1.82. The fourth-order valence-corrected chi connectivity index (χ4v) is 3.52. The lowest BCUT2D eigenvalue weighted by atomic mass is 10.3. The lowest BCUT2D eigenvalue weighted by Crippen LogP contribution is -2.38. The molecule has 0 saturated carbocycles. The third-order valence-corrected chi connectivity index (χ3v) is 5.11. The van der Waals surface area contributed by atoms with Crippen LogP contribution < -0.4 is 0 Å². The number of nitrogens with zero attached hydrogens (tertiary/aromatic N) is 1. The number of hydrogen-bond donors (Lipinski definition) is 0. The third kappa shape index (κ3) is 2.42. The summed E-state index contributed by atoms with van der Waals surface area (Å²) < 4.78 is 56.7. The van der Waals surface area contributed by atoms with Gasteiger partial charge in [-0.25, -0.2) is 17.2 Å². The smallest absolute Gasteiger partial charge is 0.247 e. The number of rotatable bonds is 2. The van der Waals surface area contributed by atoms with E-state index in [0.717, 1.165) is 16.4 Å². The molecule has 0 amide bonds. The minimum absolute atomic E-state index is 0.114. The molecule has 0 N–H and O–H groups in total. The van der Waals surface area contributed by atoms with Crippen molar-refractivity contribution < 1.29 is 21.9 Å². The van der Waals surface area contributed by atoms with Crippen molar-refractivity contribution in [1.82, 2.24) is 4.31 Å². The number of ether oxygens (including phenoxy) is 1. The highest BCUT2D eigenvalue weighted by Gasteiger charge is 2.30. The van der Waals surface area contributed by atoms with Gasteiger partial charge in [0.2, 0.25) is 10.0 Å². The van der Waals surface area contributed by atoms with E-state index in [2.05, 4.69) is 15.9 Å². The normalized spacial score (nSPS) is 17.9. The molecule has 0 aromatic heterocycles. The second-order valence-corrected chi connectivity index (χ2v) is 6.44. The average molecular weight is 342 g/mol. The Hall–Kier alpha value is -0.570. The van der Waals surface area contributed by atoms with E-state index in [9.17, 15) is 17.2 Å². The van der Waals surface area contributed by atoms with Gasteiger partial charge in [0, 0.05) is 13.2 Å². The monoisotopic (exact) mass is 341 g/mol. The Kier molecular flexibility index (Phi) is 4.00. The second-order valence-electron chi connectivity index (χ2n) is 3.74. The van der Waals surface area contributed by atoms with Crippen molar-refractivity contribution >= 4 is 26.0 Å². The first-order chi connectivity index (χ1) is 8.44. The van der Waals surface area contributed by atoms with E-state index >= 15 is 0 Å². The van der Waals surface area contributed by atoms with Gasteiger partial charge >= 0.3 is 0 Å². The lowest BCUT2D eigenvalue weighted by Gasteiger charge is -2.26. The largest absolute Gasteiger partial charge is 0.365 e. The van der Waals surface area contributed by atoms with E-state index in [1.165, 1.54) is 0 Å². The Bertz CT molecular complexity index is 558. The van der Waals surface area contributed by atoms with Crippen LogP contribution in [0, 0.1) is 11.6 Å². The predicted molar refractivity (Wildman–Crippen MR) is 63.4 cm³/mol. The molecule has 2 rings (SSSR count). The van der Waals surface area contributed by atoms with Crippen LogP contribution in [0.15, 0.2) is 21.5 Å². The van der Waals surface area contributed by atoms with Crippen molar-refractivity contribution in [3.63, 3.8) is 0 Å². The molecule has 1 heterocycles. The van der Waals surface area contributed by atoms with E-state index in [4.69, 9.17) is 4.74 Å². The zero-order valence-corrected chi connectivity index (χ0v) is 11.6. The van der Waals surface area contributed by atoms with E-state index in [1.54, 1.807) is 0 Å². The maximum Gasteiger partial charge on any atom is 0.247 e. The SMILES string of the molecule is O=S(=O)(c1ccc(F)c(Br)c1F)N1CCCOC1. The van der Waals surface area contributed by atoms with Gasteiger partial charge in [0.15, 0.2) is 5.82 Å². The van der Waals surface area contributed by atoms with Crippen LogP contribution in [-0.2, 0) is 14.8 Å². The average Bonchev–Trinajstić information content (AvgIpc) is 2.37. The number of hydrogen-bond acceptors (Lipinski definition) is 3. The van der Waals surface area contributed by atoms with Crippen LogP contribution >= 0.6 is 15.9 Å². The van der Waals surface area contributed by atoms with Gasteiger partial charge in [-0.15, -0.1) is 0 Å². The fraction of sp³-hybridized carbons (Fsp3) is 0.400. The second kappa shape index (κ2) is 5.20. The highest BCUT2D eigenvalue weighted by atomic mass is 79.9. The molecule has 0 spiro atoms. The maximum absolute atomic E-state index is 13.8. The summed E-state index contributed by atoms with van der Waals surface area (Å²) >= 11 is 2.68. The fourth-order valence-electron chi connectivity index (χ4n) is 1.61. The van der Waals surface area contributed by atoms with Gasteiger partial charge in [0.05, 0.1) is 4.47 Å². The van der Waals surface area contributed by atoms with Crippen molar-refractivity contribution in [2.24, 2.45) is 0 Å². The summed E-state index contributed by atoms with van der Waals surface area (Å²) in [5.41, 5.74) is 0. The van der Waals surface area contributed by atoms with E-state index in [1.807, 2.05) is 0 Å². The lowest BCUT2D eigenvalue weighted by molar-refractivity contribution is 0.0312. The molecule has 0 aliphatic carbocycles. The summed E-state index contributed by atoms with van der Waals surface area (Å²) in [7, 11) is -4.00. The third-order valence-electron chi connectivity index (χ3n) is 2.55. The van der Waals surface area contributed by atoms with Gasteiger partial charge in [0.25, 0.3) is 0 Å². The van der Waals surface area contributed by atoms with Crippen LogP contribution in [0.1, 0.15) is 6.42 Å². The zero-order chi connectivity index (χ0) is 13.3. The maximum atomic E-state index is 13.8. The topological polar surface area (TPSA) is 46.6 Å². The zero-order valence-electron chi connectivity index (χ0n) is 9.20. The van der Waals surface area contributed by atoms with Gasteiger partial charge in [-0.1, -0.05) is 0 Å². The Morgan fingerprint density at radius 3 is 2.67 bits per heavy atom. The van der Waals surface area contributed by atoms with Crippen molar-refractivity contribution in [2.45, 2.75) is 11.3 Å². The Morgan fingerprint density at radius 1 is 1.33 bits per heavy atom. The van der Waals surface area contributed by atoms with E-state index < -0.39 is 31.0 Å². The van der Waals surface area contributed by atoms with Crippen molar-refractivity contribution in [3.8, 4) is 0 Å². The molecule has 0 bridgehead atoms. The molecule has 0 radical (unpaired) electrons. The minimum atomic E-state index is -4.00. The molecular formula is C10H10BrF2NO3S. The van der Waals surface area contributed by atoms with Gasteiger partial charge < -0.3 is 4.74 Å². The van der Waals surface area contributed by atoms with Gasteiger partial charge in [-0.3, -0.25) is 0 Å². The first kappa shape index (κ1) is 13.9. The number of halogens is 3. The Labute approximate surface area is 112 Å². The summed E-state index contributed by atoms with van der Waals surface area (Å²) in [5.74, 6) is -1.97. The van der Waals surface area contributed by atoms with Crippen molar-refractivity contribution in [2.75, 3.05) is 19.9 Å². The molecule has 1 aromatic carbocycles. The van der Waals surface area contributed by atoms with E-state index in [-0.39, 0.29) is 13.3 Å². The number of benzene rings is 1. The van der Waals surface area contributed by atoms with Crippen LogP contribution in [0.2, 0.25) is 0 Å². The molecule has 18 heavy (non-hydrogen) atoms.